The second kappa shape index (κ2) is 8.59. The predicted molar refractivity (Wildman–Crippen MR) is 71.7 cm³/mol. The second-order valence-corrected chi connectivity index (χ2v) is 3.72. The topological polar surface area (TPSA) is 33.4 Å². The third-order valence-electron chi connectivity index (χ3n) is 1.91. The maximum Gasteiger partial charge on any atom is 0.0902 e. The lowest BCUT2D eigenvalue weighted by molar-refractivity contribution is 0.0786. The monoisotopic (exact) mass is 234 g/mol. The summed E-state index contributed by atoms with van der Waals surface area (Å²) in [5.41, 5.74) is 0.247. The number of hydrogen-bond acceptors (Lipinski definition) is 2. The first kappa shape index (κ1) is 15.5. The van der Waals surface area contributed by atoms with Crippen molar-refractivity contribution in [2.45, 2.75) is 33.3 Å². The lowest BCUT2D eigenvalue weighted by atomic mass is 9.99. The van der Waals surface area contributed by atoms with Crippen LogP contribution in [0, 0.1) is 0 Å². The summed E-state index contributed by atoms with van der Waals surface area (Å²) in [5, 5.41) is 9.49. The van der Waals surface area contributed by atoms with Crippen molar-refractivity contribution >= 4 is 0 Å². The van der Waals surface area contributed by atoms with Crippen LogP contribution < -0.4 is 0 Å². The van der Waals surface area contributed by atoms with E-state index in [0.717, 1.165) is 5.56 Å². The van der Waals surface area contributed by atoms with Crippen molar-refractivity contribution in [1.82, 2.24) is 0 Å². The van der Waals surface area contributed by atoms with Gasteiger partial charge in [-0.05, 0) is 31.5 Å². The van der Waals surface area contributed by atoms with E-state index >= 15 is 0 Å². The van der Waals surface area contributed by atoms with Gasteiger partial charge in [0.1, 0.15) is 0 Å². The summed E-state index contributed by atoms with van der Waals surface area (Å²) < 4.78 is 4.58. The summed E-state index contributed by atoms with van der Waals surface area (Å²) in [6.45, 7) is 7.56. The molecule has 1 N–H and O–H groups in total. The van der Waals surface area contributed by atoms with Crippen molar-refractivity contribution in [3.63, 3.8) is 0 Å². The van der Waals surface area contributed by atoms with Gasteiger partial charge in [0.2, 0.25) is 0 Å². The average Bonchev–Trinajstić information content (AvgIpc) is 2.90. The van der Waals surface area contributed by atoms with E-state index < -0.39 is 5.60 Å². The predicted octanol–water partition coefficient (Wildman–Crippen LogP) is 4.22. The van der Waals surface area contributed by atoms with Gasteiger partial charge in [-0.25, -0.2) is 0 Å². The Morgan fingerprint density at radius 2 is 1.35 bits per heavy atom. The molecule has 2 heteroatoms. The fraction of sp³-hybridized carbons (Fsp3) is 0.333. The Labute approximate surface area is 104 Å². The highest BCUT2D eigenvalue weighted by molar-refractivity contribution is 5.20. The largest absolute Gasteiger partial charge is 0.473 e. The normalized spacial score (nSPS) is 9.47. The molecule has 0 saturated heterocycles. The van der Waals surface area contributed by atoms with E-state index in [1.807, 2.05) is 56.3 Å². The highest BCUT2D eigenvalue weighted by Crippen LogP contribution is 2.17. The van der Waals surface area contributed by atoms with E-state index in [1.54, 1.807) is 26.4 Å². The van der Waals surface area contributed by atoms with Gasteiger partial charge in [0.05, 0.1) is 18.1 Å². The van der Waals surface area contributed by atoms with Gasteiger partial charge < -0.3 is 9.52 Å². The Bertz CT molecular complexity index is 327. The molecular formula is C15H22O2. The molecule has 17 heavy (non-hydrogen) atoms. The molecule has 0 aliphatic rings. The van der Waals surface area contributed by atoms with Crippen molar-refractivity contribution in [2.24, 2.45) is 0 Å². The highest BCUT2D eigenvalue weighted by atomic mass is 16.3. The van der Waals surface area contributed by atoms with Crippen LogP contribution in [-0.2, 0) is 5.60 Å². The van der Waals surface area contributed by atoms with E-state index in [0.29, 0.717) is 0 Å². The number of aliphatic hydroxyl groups is 1. The van der Waals surface area contributed by atoms with Gasteiger partial charge in [-0.1, -0.05) is 44.2 Å². The van der Waals surface area contributed by atoms with Crippen LogP contribution in [0.5, 0.6) is 0 Å². The maximum atomic E-state index is 9.49. The van der Waals surface area contributed by atoms with Crippen molar-refractivity contribution < 1.29 is 9.52 Å². The van der Waals surface area contributed by atoms with Gasteiger partial charge in [-0.2, -0.15) is 0 Å². The average molecular weight is 234 g/mol. The quantitative estimate of drug-likeness (QED) is 0.801. The first-order chi connectivity index (χ1) is 8.11. The Hall–Kier alpha value is -1.54. The van der Waals surface area contributed by atoms with Crippen molar-refractivity contribution in [1.29, 1.82) is 0 Å². The molecule has 94 valence electrons. The SMILES string of the molecule is CC.CC(C)(O)c1ccccc1.c1ccoc1. The molecule has 2 nitrogen and oxygen atoms in total. The zero-order valence-corrected chi connectivity index (χ0v) is 11.1. The molecular weight excluding hydrogens is 212 g/mol. The number of rotatable bonds is 1. The molecule has 1 aromatic heterocycles. The number of furan rings is 1. The van der Waals surface area contributed by atoms with Crippen LogP contribution in [0.4, 0.5) is 0 Å². The molecule has 0 radical (unpaired) electrons. The minimum Gasteiger partial charge on any atom is -0.473 e. The van der Waals surface area contributed by atoms with Crippen LogP contribution in [0.2, 0.25) is 0 Å². The smallest absolute Gasteiger partial charge is 0.0902 e. The van der Waals surface area contributed by atoms with E-state index in [9.17, 15) is 5.11 Å². The van der Waals surface area contributed by atoms with Gasteiger partial charge >= 0.3 is 0 Å². The van der Waals surface area contributed by atoms with Crippen LogP contribution in [0.3, 0.4) is 0 Å². The summed E-state index contributed by atoms with van der Waals surface area (Å²) >= 11 is 0. The van der Waals surface area contributed by atoms with E-state index in [2.05, 4.69) is 4.42 Å². The molecule has 0 aliphatic carbocycles. The third-order valence-corrected chi connectivity index (χ3v) is 1.91. The molecule has 0 unspecified atom stereocenters. The van der Waals surface area contributed by atoms with Gasteiger partial charge in [0, 0.05) is 0 Å². The summed E-state index contributed by atoms with van der Waals surface area (Å²) in [6, 6.07) is 13.3. The minimum atomic E-state index is -0.707. The van der Waals surface area contributed by atoms with Crippen LogP contribution in [-0.4, -0.2) is 5.11 Å². The molecule has 0 fully saturated rings. The Balaban J connectivity index is 0.000000306. The first-order valence-electron chi connectivity index (χ1n) is 5.86. The van der Waals surface area contributed by atoms with E-state index in [-0.39, 0.29) is 0 Å². The molecule has 0 amide bonds. The van der Waals surface area contributed by atoms with Gasteiger partial charge in [-0.3, -0.25) is 0 Å². The molecule has 0 spiro atoms. The minimum absolute atomic E-state index is 0.707. The fourth-order valence-corrected chi connectivity index (χ4v) is 1.07. The molecule has 0 aliphatic heterocycles. The molecule has 1 heterocycles. The van der Waals surface area contributed by atoms with Crippen LogP contribution >= 0.6 is 0 Å². The molecule has 0 atom stereocenters. The summed E-state index contributed by atoms with van der Waals surface area (Å²) in [7, 11) is 0. The second-order valence-electron chi connectivity index (χ2n) is 3.72. The highest BCUT2D eigenvalue weighted by Gasteiger charge is 2.13. The molecule has 0 bridgehead atoms. The summed E-state index contributed by atoms with van der Waals surface area (Å²) in [4.78, 5) is 0. The molecule has 2 aromatic rings. The number of hydrogen-bond donors (Lipinski definition) is 1. The Morgan fingerprint density at radius 1 is 0.882 bits per heavy atom. The van der Waals surface area contributed by atoms with E-state index in [1.165, 1.54) is 0 Å². The molecule has 2 rings (SSSR count). The zero-order valence-electron chi connectivity index (χ0n) is 11.1. The molecule has 1 aromatic carbocycles. The standard InChI is InChI=1S/C9H12O.C4H4O.C2H6/c1-9(2,10)8-6-4-3-5-7-8;1-2-4-5-3-1;1-2/h3-7,10H,1-2H3;1-4H;1-2H3. The Kier molecular flexibility index (Phi) is 7.82. The lowest BCUT2D eigenvalue weighted by Gasteiger charge is -2.16. The van der Waals surface area contributed by atoms with Crippen LogP contribution in [0.25, 0.3) is 0 Å². The van der Waals surface area contributed by atoms with Crippen LogP contribution in [0.1, 0.15) is 33.3 Å². The first-order valence-corrected chi connectivity index (χ1v) is 5.86. The van der Waals surface area contributed by atoms with Crippen molar-refractivity contribution in [3.05, 3.63) is 60.6 Å². The zero-order chi connectivity index (χ0) is 13.1. The van der Waals surface area contributed by atoms with Gasteiger partial charge in [-0.15, -0.1) is 0 Å². The van der Waals surface area contributed by atoms with Crippen molar-refractivity contribution in [3.8, 4) is 0 Å². The van der Waals surface area contributed by atoms with Gasteiger partial charge in [0.25, 0.3) is 0 Å². The third kappa shape index (κ3) is 7.36. The maximum absolute atomic E-state index is 9.49. The summed E-state index contributed by atoms with van der Waals surface area (Å²) in [5.74, 6) is 0. The van der Waals surface area contributed by atoms with Crippen LogP contribution in [0.15, 0.2) is 59.4 Å². The fourth-order valence-electron chi connectivity index (χ4n) is 1.07. The molecule has 0 saturated carbocycles. The van der Waals surface area contributed by atoms with E-state index in [4.69, 9.17) is 0 Å². The summed E-state index contributed by atoms with van der Waals surface area (Å²) in [6.07, 6.45) is 3.25. The van der Waals surface area contributed by atoms with Gasteiger partial charge in [0.15, 0.2) is 0 Å². The number of benzene rings is 1. The lowest BCUT2D eigenvalue weighted by Crippen LogP contribution is -2.14. The van der Waals surface area contributed by atoms with Crippen molar-refractivity contribution in [2.75, 3.05) is 0 Å². The Morgan fingerprint density at radius 3 is 1.59 bits per heavy atom.